The Morgan fingerprint density at radius 1 is 0.621 bits per heavy atom. The minimum Gasteiger partial charge on any atom is -0.353 e. The summed E-state index contributed by atoms with van der Waals surface area (Å²) in [5.74, 6) is 1.05. The van der Waals surface area contributed by atoms with Crippen LogP contribution in [0, 0.1) is 0 Å². The first kappa shape index (κ1) is 17.8. The maximum absolute atomic E-state index is 4.61. The molecule has 29 heavy (non-hydrogen) atoms. The first-order valence-electron chi connectivity index (χ1n) is 10.2. The van der Waals surface area contributed by atoms with Gasteiger partial charge < -0.3 is 4.90 Å². The van der Waals surface area contributed by atoms with Gasteiger partial charge in [0.2, 0.25) is 0 Å². The molecule has 0 N–H and O–H groups in total. The summed E-state index contributed by atoms with van der Waals surface area (Å²) >= 11 is 0. The third-order valence-electron chi connectivity index (χ3n) is 5.73. The Hall–Kier alpha value is -3.24. The summed E-state index contributed by atoms with van der Waals surface area (Å²) in [6.07, 6.45) is 1.68. The highest BCUT2D eigenvalue weighted by atomic mass is 15.3. The zero-order valence-electron chi connectivity index (χ0n) is 16.4. The standard InChI is InChI=1S/C25H24N4/c1-3-9-20(10-4-1)24(21-11-5-2-6-12-21)28-15-17-29(18-16-28)25-22-13-7-8-14-23(22)26-19-27-25/h1-14,19,24H,15-18H2. The predicted molar refractivity (Wildman–Crippen MR) is 118 cm³/mol. The number of hydrogen-bond acceptors (Lipinski definition) is 4. The Kier molecular flexibility index (Phi) is 4.93. The van der Waals surface area contributed by atoms with E-state index in [0.29, 0.717) is 0 Å². The molecule has 1 fully saturated rings. The van der Waals surface area contributed by atoms with E-state index < -0.39 is 0 Å². The molecule has 0 radical (unpaired) electrons. The van der Waals surface area contributed by atoms with Crippen molar-refractivity contribution in [2.45, 2.75) is 6.04 Å². The number of piperazine rings is 1. The summed E-state index contributed by atoms with van der Waals surface area (Å²) in [4.78, 5) is 14.0. The predicted octanol–water partition coefficient (Wildman–Crippen LogP) is 4.54. The van der Waals surface area contributed by atoms with Gasteiger partial charge in [0.15, 0.2) is 0 Å². The monoisotopic (exact) mass is 380 g/mol. The molecule has 0 unspecified atom stereocenters. The summed E-state index contributed by atoms with van der Waals surface area (Å²) < 4.78 is 0. The minimum absolute atomic E-state index is 0.279. The van der Waals surface area contributed by atoms with Crippen LogP contribution in [0.4, 0.5) is 5.82 Å². The molecule has 2 heterocycles. The molecule has 0 amide bonds. The molecule has 0 aliphatic carbocycles. The van der Waals surface area contributed by atoms with E-state index in [1.54, 1.807) is 6.33 Å². The first-order valence-corrected chi connectivity index (χ1v) is 10.2. The Bertz CT molecular complexity index is 1030. The molecule has 144 valence electrons. The van der Waals surface area contributed by atoms with Crippen molar-refractivity contribution in [3.8, 4) is 0 Å². The van der Waals surface area contributed by atoms with Crippen LogP contribution in [0.25, 0.3) is 10.9 Å². The van der Waals surface area contributed by atoms with Gasteiger partial charge in [-0.15, -0.1) is 0 Å². The van der Waals surface area contributed by atoms with Gasteiger partial charge in [-0.3, -0.25) is 4.90 Å². The molecule has 0 saturated carbocycles. The third kappa shape index (κ3) is 3.59. The average molecular weight is 380 g/mol. The minimum atomic E-state index is 0.279. The van der Waals surface area contributed by atoms with Crippen molar-refractivity contribution in [3.05, 3.63) is 102 Å². The van der Waals surface area contributed by atoms with Crippen LogP contribution in [0.2, 0.25) is 0 Å². The van der Waals surface area contributed by atoms with E-state index in [9.17, 15) is 0 Å². The van der Waals surface area contributed by atoms with Gasteiger partial charge in [-0.25, -0.2) is 9.97 Å². The second-order valence-electron chi connectivity index (χ2n) is 7.46. The molecule has 4 aromatic rings. The third-order valence-corrected chi connectivity index (χ3v) is 5.73. The van der Waals surface area contributed by atoms with E-state index in [4.69, 9.17) is 0 Å². The number of nitrogens with zero attached hydrogens (tertiary/aromatic N) is 4. The molecule has 3 aromatic carbocycles. The zero-order valence-corrected chi connectivity index (χ0v) is 16.4. The largest absolute Gasteiger partial charge is 0.353 e. The van der Waals surface area contributed by atoms with Crippen LogP contribution < -0.4 is 4.90 Å². The first-order chi connectivity index (χ1) is 14.4. The van der Waals surface area contributed by atoms with Crippen LogP contribution in [-0.4, -0.2) is 41.0 Å². The fraction of sp³-hybridized carbons (Fsp3) is 0.200. The topological polar surface area (TPSA) is 32.3 Å². The molecule has 4 nitrogen and oxygen atoms in total. The van der Waals surface area contributed by atoms with Crippen molar-refractivity contribution in [1.29, 1.82) is 0 Å². The lowest BCUT2D eigenvalue weighted by Crippen LogP contribution is -2.48. The maximum atomic E-state index is 4.61. The fourth-order valence-corrected chi connectivity index (χ4v) is 4.32. The lowest BCUT2D eigenvalue weighted by Gasteiger charge is -2.40. The van der Waals surface area contributed by atoms with Crippen molar-refractivity contribution in [2.75, 3.05) is 31.1 Å². The fourth-order valence-electron chi connectivity index (χ4n) is 4.32. The van der Waals surface area contributed by atoms with E-state index in [1.165, 1.54) is 11.1 Å². The molecule has 1 saturated heterocycles. The number of aromatic nitrogens is 2. The quantitative estimate of drug-likeness (QED) is 0.520. The van der Waals surface area contributed by atoms with Gasteiger partial charge >= 0.3 is 0 Å². The second kappa shape index (κ2) is 8.02. The highest BCUT2D eigenvalue weighted by molar-refractivity contribution is 5.89. The second-order valence-corrected chi connectivity index (χ2v) is 7.46. The van der Waals surface area contributed by atoms with Gasteiger partial charge in [0.25, 0.3) is 0 Å². The van der Waals surface area contributed by atoms with Crippen molar-refractivity contribution in [3.63, 3.8) is 0 Å². The van der Waals surface area contributed by atoms with Crippen LogP contribution in [0.5, 0.6) is 0 Å². The van der Waals surface area contributed by atoms with Gasteiger partial charge in [0, 0.05) is 31.6 Å². The van der Waals surface area contributed by atoms with Gasteiger partial charge in [0.05, 0.1) is 11.6 Å². The van der Waals surface area contributed by atoms with E-state index in [1.807, 2.05) is 6.07 Å². The Morgan fingerprint density at radius 2 is 1.21 bits per heavy atom. The number of fused-ring (bicyclic) bond motifs is 1. The molecule has 5 rings (SSSR count). The number of rotatable bonds is 4. The molecule has 0 bridgehead atoms. The van der Waals surface area contributed by atoms with E-state index >= 15 is 0 Å². The molecule has 0 atom stereocenters. The molecule has 0 spiro atoms. The molecule has 4 heteroatoms. The summed E-state index contributed by atoms with van der Waals surface area (Å²) in [5, 5.41) is 1.13. The van der Waals surface area contributed by atoms with E-state index in [-0.39, 0.29) is 6.04 Å². The van der Waals surface area contributed by atoms with Crippen LogP contribution in [-0.2, 0) is 0 Å². The van der Waals surface area contributed by atoms with Crippen molar-refractivity contribution in [2.24, 2.45) is 0 Å². The summed E-state index contributed by atoms with van der Waals surface area (Å²) in [6.45, 7) is 3.90. The summed E-state index contributed by atoms with van der Waals surface area (Å²) in [7, 11) is 0. The molecular formula is C25H24N4. The van der Waals surface area contributed by atoms with Crippen molar-refractivity contribution < 1.29 is 0 Å². The van der Waals surface area contributed by atoms with E-state index in [0.717, 1.165) is 42.9 Å². The summed E-state index contributed by atoms with van der Waals surface area (Å²) in [5.41, 5.74) is 3.70. The van der Waals surface area contributed by atoms with Crippen LogP contribution in [0.3, 0.4) is 0 Å². The van der Waals surface area contributed by atoms with Crippen molar-refractivity contribution in [1.82, 2.24) is 14.9 Å². The van der Waals surface area contributed by atoms with Crippen LogP contribution >= 0.6 is 0 Å². The number of hydrogen-bond donors (Lipinski definition) is 0. The van der Waals surface area contributed by atoms with Gasteiger partial charge in [-0.1, -0.05) is 72.8 Å². The zero-order chi connectivity index (χ0) is 19.5. The Morgan fingerprint density at radius 3 is 1.86 bits per heavy atom. The Labute approximate surface area is 171 Å². The smallest absolute Gasteiger partial charge is 0.139 e. The van der Waals surface area contributed by atoms with Crippen LogP contribution in [0.1, 0.15) is 17.2 Å². The number of benzene rings is 3. The lowest BCUT2D eigenvalue weighted by molar-refractivity contribution is 0.212. The van der Waals surface area contributed by atoms with E-state index in [2.05, 4.69) is 98.6 Å². The SMILES string of the molecule is c1ccc(C(c2ccccc2)N2CCN(c3ncnc4ccccc34)CC2)cc1. The maximum Gasteiger partial charge on any atom is 0.139 e. The lowest BCUT2D eigenvalue weighted by atomic mass is 9.96. The van der Waals surface area contributed by atoms with Gasteiger partial charge in [0.1, 0.15) is 12.1 Å². The number of para-hydroxylation sites is 1. The molecular weight excluding hydrogens is 356 g/mol. The normalized spacial score (nSPS) is 15.1. The van der Waals surface area contributed by atoms with Crippen LogP contribution in [0.15, 0.2) is 91.3 Å². The van der Waals surface area contributed by atoms with Crippen molar-refractivity contribution >= 4 is 16.7 Å². The molecule has 1 aliphatic rings. The molecule has 1 aliphatic heterocycles. The highest BCUT2D eigenvalue weighted by Crippen LogP contribution is 2.31. The molecule has 1 aromatic heterocycles. The summed E-state index contributed by atoms with van der Waals surface area (Å²) in [6, 6.07) is 30.2. The highest BCUT2D eigenvalue weighted by Gasteiger charge is 2.27. The average Bonchev–Trinajstić information content (AvgIpc) is 2.81. The number of anilines is 1. The van der Waals surface area contributed by atoms with Gasteiger partial charge in [-0.05, 0) is 23.3 Å². The van der Waals surface area contributed by atoms with Gasteiger partial charge in [-0.2, -0.15) is 0 Å². The Balaban J connectivity index is 1.41.